The molecule has 0 unspecified atom stereocenters. The lowest BCUT2D eigenvalue weighted by molar-refractivity contribution is -0.149. The van der Waals surface area contributed by atoms with Crippen molar-refractivity contribution in [3.05, 3.63) is 58.7 Å². The molecule has 1 aliphatic heterocycles. The first kappa shape index (κ1) is 28.8. The molecule has 0 bridgehead atoms. The molecule has 1 aliphatic carbocycles. The third-order valence-corrected chi connectivity index (χ3v) is 6.12. The second-order valence-electron chi connectivity index (χ2n) is 8.73. The molecule has 196 valence electrons. The fourth-order valence-corrected chi connectivity index (χ4v) is 4.01. The molecule has 0 aromatic carbocycles. The number of rotatable bonds is 7. The first-order chi connectivity index (χ1) is 17.0. The van der Waals surface area contributed by atoms with E-state index >= 15 is 0 Å². The predicted octanol–water partition coefficient (Wildman–Crippen LogP) is 3.04. The van der Waals surface area contributed by atoms with E-state index in [-0.39, 0.29) is 29.7 Å². The van der Waals surface area contributed by atoms with Gasteiger partial charge < -0.3 is 24.1 Å². The van der Waals surface area contributed by atoms with Crippen molar-refractivity contribution < 1.29 is 43.2 Å². The van der Waals surface area contributed by atoms with Gasteiger partial charge in [-0.25, -0.2) is 14.4 Å². The quantitative estimate of drug-likeness (QED) is 0.242. The summed E-state index contributed by atoms with van der Waals surface area (Å²) in [5.41, 5.74) is 1.91. The zero-order valence-corrected chi connectivity index (χ0v) is 21.4. The Morgan fingerprint density at radius 1 is 1.14 bits per heavy atom. The molecular formula is C27H34O9. The van der Waals surface area contributed by atoms with Crippen LogP contribution in [0, 0.1) is 5.92 Å². The van der Waals surface area contributed by atoms with E-state index in [1.165, 1.54) is 19.1 Å². The van der Waals surface area contributed by atoms with Crippen molar-refractivity contribution in [1.29, 1.82) is 0 Å². The van der Waals surface area contributed by atoms with Crippen LogP contribution in [0.2, 0.25) is 0 Å². The van der Waals surface area contributed by atoms with Crippen LogP contribution in [0.1, 0.15) is 47.5 Å². The number of aliphatic hydroxyl groups excluding tert-OH is 1. The Kier molecular flexibility index (Phi) is 10.4. The summed E-state index contributed by atoms with van der Waals surface area (Å²) in [6.45, 7) is 11.2. The van der Waals surface area contributed by atoms with E-state index in [1.54, 1.807) is 26.8 Å². The first-order valence-corrected chi connectivity index (χ1v) is 11.7. The molecule has 0 saturated carbocycles. The van der Waals surface area contributed by atoms with Gasteiger partial charge in [0.2, 0.25) is 0 Å². The smallest absolute Gasteiger partial charge is 0.337 e. The monoisotopic (exact) mass is 502 g/mol. The van der Waals surface area contributed by atoms with Gasteiger partial charge in [-0.05, 0) is 39.3 Å². The molecule has 1 N–H and O–H groups in total. The number of allylic oxidation sites excluding steroid dienone is 2. The number of hydrogen-bond acceptors (Lipinski definition) is 9. The summed E-state index contributed by atoms with van der Waals surface area (Å²) in [4.78, 5) is 49.1. The van der Waals surface area contributed by atoms with Crippen LogP contribution in [-0.4, -0.2) is 60.5 Å². The normalized spacial score (nSPS) is 28.1. The Morgan fingerprint density at radius 2 is 1.81 bits per heavy atom. The molecule has 9 nitrogen and oxygen atoms in total. The number of fused-ring (bicyclic) bond motifs is 1. The maximum atomic E-state index is 13.0. The molecule has 0 amide bonds. The van der Waals surface area contributed by atoms with Crippen LogP contribution in [0.4, 0.5) is 0 Å². The van der Waals surface area contributed by atoms with Crippen LogP contribution >= 0.6 is 0 Å². The highest BCUT2D eigenvalue weighted by molar-refractivity contribution is 5.93. The number of carbonyl (C=O) groups excluding carboxylic acids is 4. The highest BCUT2D eigenvalue weighted by Crippen LogP contribution is 2.36. The summed E-state index contributed by atoms with van der Waals surface area (Å²) in [5, 5.41) is 9.22. The molecule has 9 heteroatoms. The summed E-state index contributed by atoms with van der Waals surface area (Å²) in [6.07, 6.45) is 5.13. The highest BCUT2D eigenvalue weighted by Gasteiger charge is 2.45. The number of aliphatic hydroxyl groups is 1. The van der Waals surface area contributed by atoms with Gasteiger partial charge >= 0.3 is 23.9 Å². The Labute approximate surface area is 211 Å². The minimum atomic E-state index is -0.791. The van der Waals surface area contributed by atoms with Crippen LogP contribution in [0.5, 0.6) is 0 Å². The number of esters is 4. The van der Waals surface area contributed by atoms with Gasteiger partial charge in [0.15, 0.2) is 0 Å². The first-order valence-electron chi connectivity index (χ1n) is 11.7. The van der Waals surface area contributed by atoms with Gasteiger partial charge in [0, 0.05) is 25.3 Å². The van der Waals surface area contributed by atoms with Crippen LogP contribution in [0.15, 0.2) is 58.7 Å². The Morgan fingerprint density at radius 3 is 2.39 bits per heavy atom. The van der Waals surface area contributed by atoms with Gasteiger partial charge in [-0.1, -0.05) is 30.4 Å². The van der Waals surface area contributed by atoms with Crippen LogP contribution in [0.25, 0.3) is 0 Å². The fraction of sp³-hybridized carbons (Fsp3) is 0.481. The molecule has 1 saturated heterocycles. The summed E-state index contributed by atoms with van der Waals surface area (Å²) < 4.78 is 21.9. The van der Waals surface area contributed by atoms with Crippen LogP contribution in [0.3, 0.4) is 0 Å². The third kappa shape index (κ3) is 7.27. The second kappa shape index (κ2) is 13.0. The molecule has 4 atom stereocenters. The SMILES string of the molecule is C=C1C(=O)O[C@H]2/C=C(/C)[C@H](OC(C)=O)C/C=C(\C)C[C@@H](OC(=O)/C(=C/C)COC(=O)/C(=C/C)CO)[C@@H]12. The van der Waals surface area contributed by atoms with E-state index < -0.39 is 54.7 Å². The van der Waals surface area contributed by atoms with Gasteiger partial charge in [0.1, 0.15) is 24.9 Å². The predicted molar refractivity (Wildman–Crippen MR) is 130 cm³/mol. The molecule has 0 radical (unpaired) electrons. The maximum absolute atomic E-state index is 13.0. The van der Waals surface area contributed by atoms with Crippen molar-refractivity contribution in [3.8, 4) is 0 Å². The van der Waals surface area contributed by atoms with Crippen LogP contribution in [-0.2, 0) is 38.1 Å². The summed E-state index contributed by atoms with van der Waals surface area (Å²) in [6, 6.07) is 0. The second-order valence-corrected chi connectivity index (χ2v) is 8.73. The van der Waals surface area contributed by atoms with Crippen LogP contribution < -0.4 is 0 Å². The number of ether oxygens (including phenoxy) is 4. The van der Waals surface area contributed by atoms with Gasteiger partial charge in [-0.3, -0.25) is 4.79 Å². The Balaban J connectivity index is 2.30. The largest absolute Gasteiger partial charge is 0.458 e. The van der Waals surface area contributed by atoms with E-state index in [2.05, 4.69) is 6.58 Å². The van der Waals surface area contributed by atoms with E-state index in [9.17, 15) is 24.3 Å². The molecule has 2 aliphatic rings. The van der Waals surface area contributed by atoms with Crippen molar-refractivity contribution in [2.45, 2.75) is 65.8 Å². The minimum Gasteiger partial charge on any atom is -0.458 e. The summed E-state index contributed by atoms with van der Waals surface area (Å²) >= 11 is 0. The third-order valence-electron chi connectivity index (χ3n) is 6.12. The zero-order chi connectivity index (χ0) is 27.0. The molecule has 2 rings (SSSR count). The van der Waals surface area contributed by atoms with Gasteiger partial charge in [0.25, 0.3) is 0 Å². The van der Waals surface area contributed by atoms with Crippen molar-refractivity contribution in [3.63, 3.8) is 0 Å². The summed E-state index contributed by atoms with van der Waals surface area (Å²) in [7, 11) is 0. The van der Waals surface area contributed by atoms with Gasteiger partial charge in [-0.2, -0.15) is 0 Å². The molecule has 36 heavy (non-hydrogen) atoms. The van der Waals surface area contributed by atoms with Crippen molar-refractivity contribution in [2.24, 2.45) is 5.92 Å². The fourth-order valence-electron chi connectivity index (χ4n) is 4.01. The van der Waals surface area contributed by atoms with Crippen molar-refractivity contribution in [2.75, 3.05) is 13.2 Å². The Bertz CT molecular complexity index is 1030. The molecule has 0 aromatic rings. The van der Waals surface area contributed by atoms with E-state index in [4.69, 9.17) is 18.9 Å². The highest BCUT2D eigenvalue weighted by atomic mass is 16.6. The molecular weight excluding hydrogens is 468 g/mol. The topological polar surface area (TPSA) is 125 Å². The average molecular weight is 503 g/mol. The standard InChI is InChI=1S/C27H34O9/c1-7-19(13-28)26(31)33-14-20(8-2)27(32)36-22-11-15(3)9-10-21(34-18(6)29)16(4)12-23-24(22)17(5)25(30)35-23/h7-9,12,21-24,28H,5,10-11,13-14H2,1-4,6H3/b15-9+,16-12-,19-7+,20-8+/t21-,22-,23+,24-/m1/s1. The van der Waals surface area contributed by atoms with Gasteiger partial charge in [-0.15, -0.1) is 0 Å². The molecule has 1 fully saturated rings. The lowest BCUT2D eigenvalue weighted by Crippen LogP contribution is -2.35. The molecule has 0 spiro atoms. The minimum absolute atomic E-state index is 0.0712. The summed E-state index contributed by atoms with van der Waals surface area (Å²) in [5.74, 6) is -3.14. The lowest BCUT2D eigenvalue weighted by atomic mass is 9.85. The maximum Gasteiger partial charge on any atom is 0.337 e. The number of carbonyl (C=O) groups is 4. The lowest BCUT2D eigenvalue weighted by Gasteiger charge is -2.28. The zero-order valence-electron chi connectivity index (χ0n) is 21.4. The average Bonchev–Trinajstić information content (AvgIpc) is 3.09. The molecule has 1 heterocycles. The number of hydrogen-bond donors (Lipinski definition) is 1. The van der Waals surface area contributed by atoms with Gasteiger partial charge in [0.05, 0.1) is 23.7 Å². The van der Waals surface area contributed by atoms with E-state index in [0.717, 1.165) is 5.57 Å². The van der Waals surface area contributed by atoms with Crippen molar-refractivity contribution >= 4 is 23.9 Å². The van der Waals surface area contributed by atoms with E-state index in [1.807, 2.05) is 13.0 Å². The molecule has 0 aromatic heterocycles. The van der Waals surface area contributed by atoms with E-state index in [0.29, 0.717) is 12.0 Å². The van der Waals surface area contributed by atoms with Crippen molar-refractivity contribution in [1.82, 2.24) is 0 Å². The Hall–Kier alpha value is -3.46.